The molecule has 2 rings (SSSR count). The maximum absolute atomic E-state index is 10.6. The molecular formula is C13H10BrClN2O2. The van der Waals surface area contributed by atoms with Gasteiger partial charge in [0.1, 0.15) is 0 Å². The highest BCUT2D eigenvalue weighted by atomic mass is 79.9. The van der Waals surface area contributed by atoms with Crippen LogP contribution in [0.25, 0.3) is 0 Å². The quantitative estimate of drug-likeness (QED) is 0.652. The number of hydrogen-bond donors (Lipinski definition) is 1. The molecule has 0 unspecified atom stereocenters. The van der Waals surface area contributed by atoms with Crippen LogP contribution in [-0.4, -0.2) is 4.92 Å². The Morgan fingerprint density at radius 3 is 2.47 bits per heavy atom. The molecule has 0 fully saturated rings. The minimum Gasteiger partial charge on any atom is -0.381 e. The van der Waals surface area contributed by atoms with E-state index < -0.39 is 4.92 Å². The molecule has 0 atom stereocenters. The first-order valence-corrected chi connectivity index (χ1v) is 6.65. The molecule has 1 N–H and O–H groups in total. The molecule has 4 nitrogen and oxygen atoms in total. The van der Waals surface area contributed by atoms with Crippen molar-refractivity contribution in [2.45, 2.75) is 6.54 Å². The van der Waals surface area contributed by atoms with Gasteiger partial charge in [-0.3, -0.25) is 10.1 Å². The van der Waals surface area contributed by atoms with Crippen LogP contribution in [0.15, 0.2) is 46.9 Å². The molecule has 0 aliphatic heterocycles. The van der Waals surface area contributed by atoms with Crippen LogP contribution in [-0.2, 0) is 6.54 Å². The van der Waals surface area contributed by atoms with Crippen LogP contribution in [0.3, 0.4) is 0 Å². The first-order valence-electron chi connectivity index (χ1n) is 5.48. The minimum atomic E-state index is -0.416. The molecule has 0 spiro atoms. The molecule has 0 aliphatic rings. The molecule has 0 bridgehead atoms. The topological polar surface area (TPSA) is 55.2 Å². The van der Waals surface area contributed by atoms with E-state index in [9.17, 15) is 10.1 Å². The van der Waals surface area contributed by atoms with Gasteiger partial charge in [-0.05, 0) is 35.9 Å². The number of rotatable bonds is 4. The number of nitro benzene ring substituents is 1. The summed E-state index contributed by atoms with van der Waals surface area (Å²) in [5.74, 6) is 0. The molecule has 6 heteroatoms. The van der Waals surface area contributed by atoms with E-state index in [4.69, 9.17) is 11.6 Å². The van der Waals surface area contributed by atoms with Gasteiger partial charge in [-0.1, -0.05) is 27.5 Å². The summed E-state index contributed by atoms with van der Waals surface area (Å²) in [5, 5.41) is 14.5. The van der Waals surface area contributed by atoms with E-state index in [1.54, 1.807) is 18.2 Å². The van der Waals surface area contributed by atoms with E-state index in [2.05, 4.69) is 21.2 Å². The molecule has 98 valence electrons. The number of benzene rings is 2. The summed E-state index contributed by atoms with van der Waals surface area (Å²) in [6.45, 7) is 0.570. The second kappa shape index (κ2) is 6.04. The van der Waals surface area contributed by atoms with Crippen LogP contribution in [0.5, 0.6) is 0 Å². The Balaban J connectivity index is 2.07. The molecular weight excluding hydrogens is 332 g/mol. The molecule has 2 aromatic rings. The van der Waals surface area contributed by atoms with Crippen molar-refractivity contribution < 1.29 is 4.92 Å². The Hall–Kier alpha value is -1.59. The third-order valence-electron chi connectivity index (χ3n) is 2.57. The van der Waals surface area contributed by atoms with Crippen LogP contribution < -0.4 is 5.32 Å². The van der Waals surface area contributed by atoms with Crippen molar-refractivity contribution in [3.8, 4) is 0 Å². The minimum absolute atomic E-state index is 0.0714. The summed E-state index contributed by atoms with van der Waals surface area (Å²) in [6.07, 6.45) is 0. The Morgan fingerprint density at radius 2 is 1.89 bits per heavy atom. The summed E-state index contributed by atoms with van der Waals surface area (Å²) < 4.78 is 0.711. The van der Waals surface area contributed by atoms with Gasteiger partial charge in [-0.2, -0.15) is 0 Å². The molecule has 0 heterocycles. The van der Waals surface area contributed by atoms with Gasteiger partial charge in [0.2, 0.25) is 0 Å². The predicted molar refractivity (Wildman–Crippen MR) is 79.6 cm³/mol. The monoisotopic (exact) mass is 340 g/mol. The lowest BCUT2D eigenvalue weighted by atomic mass is 10.2. The molecule has 0 radical (unpaired) electrons. The zero-order chi connectivity index (χ0) is 13.8. The van der Waals surface area contributed by atoms with E-state index in [1.807, 2.05) is 12.1 Å². The Bertz CT molecular complexity index is 602. The summed E-state index contributed by atoms with van der Waals surface area (Å²) in [4.78, 5) is 10.2. The number of nitro groups is 1. The smallest absolute Gasteiger partial charge is 0.270 e. The Kier molecular flexibility index (Phi) is 4.39. The summed E-state index contributed by atoms with van der Waals surface area (Å²) >= 11 is 9.14. The largest absolute Gasteiger partial charge is 0.381 e. The van der Waals surface area contributed by atoms with Gasteiger partial charge in [0.05, 0.1) is 4.92 Å². The van der Waals surface area contributed by atoms with Gasteiger partial charge in [-0.15, -0.1) is 0 Å². The zero-order valence-corrected chi connectivity index (χ0v) is 12.1. The van der Waals surface area contributed by atoms with E-state index in [0.717, 1.165) is 11.3 Å². The predicted octanol–water partition coefficient (Wildman–Crippen LogP) is 4.62. The maximum Gasteiger partial charge on any atom is 0.270 e. The lowest BCUT2D eigenvalue weighted by Gasteiger charge is -2.08. The van der Waals surface area contributed by atoms with Crippen molar-refractivity contribution in [1.82, 2.24) is 0 Å². The van der Waals surface area contributed by atoms with E-state index >= 15 is 0 Å². The van der Waals surface area contributed by atoms with Crippen molar-refractivity contribution in [1.29, 1.82) is 0 Å². The summed E-state index contributed by atoms with van der Waals surface area (Å²) in [5.41, 5.74) is 1.96. The normalized spacial score (nSPS) is 10.2. The van der Waals surface area contributed by atoms with Crippen LogP contribution in [0.1, 0.15) is 5.56 Å². The fraction of sp³-hybridized carbons (Fsp3) is 0.0769. The van der Waals surface area contributed by atoms with Crippen LogP contribution in [0.4, 0.5) is 11.4 Å². The second-order valence-corrected chi connectivity index (χ2v) is 5.18. The Morgan fingerprint density at radius 1 is 1.21 bits per heavy atom. The van der Waals surface area contributed by atoms with E-state index in [0.29, 0.717) is 16.0 Å². The fourth-order valence-corrected chi connectivity index (χ4v) is 2.19. The Labute approximate surface area is 123 Å². The van der Waals surface area contributed by atoms with Gasteiger partial charge in [0, 0.05) is 33.9 Å². The van der Waals surface area contributed by atoms with Gasteiger partial charge >= 0.3 is 0 Å². The number of halogens is 2. The highest BCUT2D eigenvalue weighted by molar-refractivity contribution is 9.10. The number of nitrogens with zero attached hydrogens (tertiary/aromatic N) is 1. The van der Waals surface area contributed by atoms with Gasteiger partial charge in [0.15, 0.2) is 0 Å². The highest BCUT2D eigenvalue weighted by Crippen LogP contribution is 2.24. The standard InChI is InChI=1S/C13H10BrClN2O2/c14-13-7-12(17(18)19)6-1-9(13)8-16-11-4-2-10(15)3-5-11/h1-7,16H,8H2. The number of nitrogens with one attached hydrogen (secondary N) is 1. The van der Waals surface area contributed by atoms with Crippen LogP contribution in [0.2, 0.25) is 5.02 Å². The van der Waals surface area contributed by atoms with Crippen molar-refractivity contribution in [2.24, 2.45) is 0 Å². The maximum atomic E-state index is 10.6. The SMILES string of the molecule is O=[N+]([O-])c1ccc(CNc2ccc(Cl)cc2)c(Br)c1. The average Bonchev–Trinajstić information content (AvgIpc) is 2.39. The fourth-order valence-electron chi connectivity index (χ4n) is 1.56. The van der Waals surface area contributed by atoms with E-state index in [-0.39, 0.29) is 5.69 Å². The van der Waals surface area contributed by atoms with E-state index in [1.165, 1.54) is 12.1 Å². The highest BCUT2D eigenvalue weighted by Gasteiger charge is 2.08. The molecule has 0 saturated carbocycles. The number of anilines is 1. The summed E-state index contributed by atoms with van der Waals surface area (Å²) in [7, 11) is 0. The molecule has 0 amide bonds. The lowest BCUT2D eigenvalue weighted by molar-refractivity contribution is -0.384. The third-order valence-corrected chi connectivity index (χ3v) is 3.56. The van der Waals surface area contributed by atoms with Crippen molar-refractivity contribution >= 4 is 38.9 Å². The van der Waals surface area contributed by atoms with Crippen molar-refractivity contribution in [2.75, 3.05) is 5.32 Å². The number of non-ortho nitro benzene ring substituents is 1. The molecule has 0 saturated heterocycles. The third kappa shape index (κ3) is 3.68. The van der Waals surface area contributed by atoms with Crippen molar-refractivity contribution in [3.05, 3.63) is 67.6 Å². The van der Waals surface area contributed by atoms with Gasteiger partial charge < -0.3 is 5.32 Å². The number of hydrogen-bond acceptors (Lipinski definition) is 3. The first kappa shape index (κ1) is 13.8. The molecule has 0 aromatic heterocycles. The molecule has 19 heavy (non-hydrogen) atoms. The van der Waals surface area contributed by atoms with Crippen LogP contribution in [0, 0.1) is 10.1 Å². The zero-order valence-electron chi connectivity index (χ0n) is 9.77. The van der Waals surface area contributed by atoms with Gasteiger partial charge in [0.25, 0.3) is 5.69 Å². The van der Waals surface area contributed by atoms with Crippen LogP contribution >= 0.6 is 27.5 Å². The average molecular weight is 342 g/mol. The molecule has 2 aromatic carbocycles. The van der Waals surface area contributed by atoms with Crippen molar-refractivity contribution in [3.63, 3.8) is 0 Å². The first-order chi connectivity index (χ1) is 9.06. The molecule has 0 aliphatic carbocycles. The second-order valence-electron chi connectivity index (χ2n) is 3.89. The van der Waals surface area contributed by atoms with Gasteiger partial charge in [-0.25, -0.2) is 0 Å². The lowest BCUT2D eigenvalue weighted by Crippen LogP contribution is -2.00. The summed E-state index contributed by atoms with van der Waals surface area (Å²) in [6, 6.07) is 12.1.